The van der Waals surface area contributed by atoms with Crippen molar-refractivity contribution in [2.75, 3.05) is 5.73 Å². The molecule has 0 amide bonds. The molecule has 0 unspecified atom stereocenters. The number of rotatable bonds is 2. The minimum absolute atomic E-state index is 0.0964. The lowest BCUT2D eigenvalue weighted by molar-refractivity contribution is 0.0699. The number of nitrogen functional groups attached to an aromatic ring is 1. The molecule has 88 valence electrons. The van der Waals surface area contributed by atoms with Crippen LogP contribution in [0.25, 0.3) is 11.1 Å². The molecule has 3 nitrogen and oxygen atoms in total. The predicted octanol–water partition coefficient (Wildman–Crippen LogP) is 3.14. The van der Waals surface area contributed by atoms with Crippen LogP contribution in [0.4, 0.5) is 9.39 Å². The zero-order valence-corrected chi connectivity index (χ0v) is 9.84. The largest absolute Gasteiger partial charge is 0.478 e. The zero-order valence-electron chi connectivity index (χ0n) is 9.03. The normalized spacial score (nSPS) is 10.5. The molecule has 0 aliphatic heterocycles. The van der Waals surface area contributed by atoms with Crippen molar-refractivity contribution in [1.29, 1.82) is 0 Å². The summed E-state index contributed by atoms with van der Waals surface area (Å²) in [5.74, 6) is -1.42. The number of anilines is 1. The molecule has 0 radical (unpaired) electrons. The van der Waals surface area contributed by atoms with Gasteiger partial charge in [0, 0.05) is 10.4 Å². The van der Waals surface area contributed by atoms with Crippen molar-refractivity contribution < 1.29 is 14.3 Å². The summed E-state index contributed by atoms with van der Waals surface area (Å²) >= 11 is 1.23. The maximum absolute atomic E-state index is 12.8. The fourth-order valence-electron chi connectivity index (χ4n) is 1.74. The molecule has 0 aliphatic carbocycles. The first kappa shape index (κ1) is 11.6. The van der Waals surface area contributed by atoms with Gasteiger partial charge in [-0.2, -0.15) is 0 Å². The second kappa shape index (κ2) is 4.18. The lowest BCUT2D eigenvalue weighted by atomic mass is 10.0. The summed E-state index contributed by atoms with van der Waals surface area (Å²) in [5, 5.41) is 9.40. The van der Waals surface area contributed by atoms with Gasteiger partial charge in [-0.25, -0.2) is 9.18 Å². The van der Waals surface area contributed by atoms with Gasteiger partial charge < -0.3 is 10.8 Å². The maximum Gasteiger partial charge on any atom is 0.339 e. The predicted molar refractivity (Wildman–Crippen MR) is 65.8 cm³/mol. The monoisotopic (exact) mass is 251 g/mol. The number of halogens is 1. The Hall–Kier alpha value is -1.88. The van der Waals surface area contributed by atoms with Crippen LogP contribution in [-0.2, 0) is 0 Å². The first-order valence-electron chi connectivity index (χ1n) is 4.89. The van der Waals surface area contributed by atoms with Crippen LogP contribution in [0.2, 0.25) is 0 Å². The van der Waals surface area contributed by atoms with Crippen LogP contribution in [-0.4, -0.2) is 11.1 Å². The molecule has 1 aromatic heterocycles. The van der Waals surface area contributed by atoms with E-state index in [-0.39, 0.29) is 16.4 Å². The van der Waals surface area contributed by atoms with E-state index >= 15 is 0 Å². The summed E-state index contributed by atoms with van der Waals surface area (Å²) in [6, 6.07) is 5.70. The smallest absolute Gasteiger partial charge is 0.339 e. The Kier molecular flexibility index (Phi) is 2.85. The first-order chi connectivity index (χ1) is 8.00. The molecule has 0 fully saturated rings. The Labute approximate surface area is 101 Å². The van der Waals surface area contributed by atoms with E-state index in [9.17, 15) is 9.18 Å². The Morgan fingerprint density at radius 2 is 1.94 bits per heavy atom. The number of hydrogen-bond acceptors (Lipinski definition) is 3. The standard InChI is InChI=1S/C12H10FNO2S/c1-6-9(7-2-4-8(13)5-3-7)10(12(15)16)11(14)17-6/h2-5H,14H2,1H3,(H,15,16). The number of carbonyl (C=O) groups is 1. The van der Waals surface area contributed by atoms with E-state index in [1.54, 1.807) is 19.1 Å². The average molecular weight is 251 g/mol. The summed E-state index contributed by atoms with van der Waals surface area (Å²) in [5.41, 5.74) is 7.00. The van der Waals surface area contributed by atoms with Gasteiger partial charge in [-0.15, -0.1) is 11.3 Å². The van der Waals surface area contributed by atoms with Crippen molar-refractivity contribution in [2.45, 2.75) is 6.92 Å². The Balaban J connectivity index is 2.66. The molecule has 0 saturated carbocycles. The summed E-state index contributed by atoms with van der Waals surface area (Å²) in [4.78, 5) is 12.0. The van der Waals surface area contributed by atoms with E-state index in [0.717, 1.165) is 4.88 Å². The lowest BCUT2D eigenvalue weighted by Gasteiger charge is -2.03. The van der Waals surface area contributed by atoms with Gasteiger partial charge in [-0.3, -0.25) is 0 Å². The van der Waals surface area contributed by atoms with Crippen LogP contribution in [0.1, 0.15) is 15.2 Å². The highest BCUT2D eigenvalue weighted by Crippen LogP contribution is 2.38. The Morgan fingerprint density at radius 3 is 2.47 bits per heavy atom. The minimum atomic E-state index is -1.06. The second-order valence-electron chi connectivity index (χ2n) is 3.58. The van der Waals surface area contributed by atoms with E-state index in [1.807, 2.05) is 0 Å². The Morgan fingerprint density at radius 1 is 1.35 bits per heavy atom. The first-order valence-corrected chi connectivity index (χ1v) is 5.70. The summed E-state index contributed by atoms with van der Waals surface area (Å²) < 4.78 is 12.8. The van der Waals surface area contributed by atoms with E-state index < -0.39 is 5.97 Å². The van der Waals surface area contributed by atoms with Gasteiger partial charge in [-0.1, -0.05) is 12.1 Å². The van der Waals surface area contributed by atoms with Crippen LogP contribution >= 0.6 is 11.3 Å². The molecule has 3 N–H and O–H groups in total. The lowest BCUT2D eigenvalue weighted by Crippen LogP contribution is -2.00. The fourth-order valence-corrected chi connectivity index (χ4v) is 2.69. The van der Waals surface area contributed by atoms with Gasteiger partial charge in [0.2, 0.25) is 0 Å². The molecule has 2 rings (SSSR count). The maximum atomic E-state index is 12.8. The number of hydrogen-bond donors (Lipinski definition) is 2. The van der Waals surface area contributed by atoms with Crippen molar-refractivity contribution in [3.05, 3.63) is 40.5 Å². The van der Waals surface area contributed by atoms with Crippen molar-refractivity contribution in [3.63, 3.8) is 0 Å². The molecule has 17 heavy (non-hydrogen) atoms. The molecule has 5 heteroatoms. The number of aromatic carboxylic acids is 1. The van der Waals surface area contributed by atoms with Crippen LogP contribution in [0.3, 0.4) is 0 Å². The SMILES string of the molecule is Cc1sc(N)c(C(=O)O)c1-c1ccc(F)cc1. The van der Waals surface area contributed by atoms with Crippen LogP contribution < -0.4 is 5.73 Å². The minimum Gasteiger partial charge on any atom is -0.478 e. The van der Waals surface area contributed by atoms with Gasteiger partial charge in [0.1, 0.15) is 16.4 Å². The summed E-state index contributed by atoms with van der Waals surface area (Å²) in [7, 11) is 0. The number of nitrogens with two attached hydrogens (primary N) is 1. The molecule has 0 atom stereocenters. The molecule has 0 spiro atoms. The van der Waals surface area contributed by atoms with Crippen LogP contribution in [0.15, 0.2) is 24.3 Å². The molecule has 1 heterocycles. The van der Waals surface area contributed by atoms with E-state index in [1.165, 1.54) is 23.5 Å². The molecule has 1 aromatic carbocycles. The number of benzene rings is 1. The number of carboxylic acids is 1. The highest BCUT2D eigenvalue weighted by atomic mass is 32.1. The van der Waals surface area contributed by atoms with Crippen LogP contribution in [0.5, 0.6) is 0 Å². The van der Waals surface area contributed by atoms with Gasteiger partial charge in [-0.05, 0) is 24.6 Å². The quantitative estimate of drug-likeness (QED) is 0.861. The third-order valence-electron chi connectivity index (χ3n) is 2.46. The molecule has 0 aliphatic rings. The second-order valence-corrected chi connectivity index (χ2v) is 4.84. The molecular formula is C12H10FNO2S. The summed E-state index contributed by atoms with van der Waals surface area (Å²) in [6.07, 6.45) is 0. The van der Waals surface area contributed by atoms with E-state index in [4.69, 9.17) is 10.8 Å². The highest BCUT2D eigenvalue weighted by Gasteiger charge is 2.20. The molecular weight excluding hydrogens is 241 g/mol. The van der Waals surface area contributed by atoms with E-state index in [2.05, 4.69) is 0 Å². The topological polar surface area (TPSA) is 63.3 Å². The number of carboxylic acid groups (broad SMARTS) is 1. The zero-order chi connectivity index (χ0) is 12.6. The third-order valence-corrected chi connectivity index (χ3v) is 3.39. The molecule has 2 aromatic rings. The van der Waals surface area contributed by atoms with Crippen molar-refractivity contribution in [2.24, 2.45) is 0 Å². The fraction of sp³-hybridized carbons (Fsp3) is 0.0833. The Bertz CT molecular complexity index is 575. The van der Waals surface area contributed by atoms with Crippen molar-refractivity contribution in [3.8, 4) is 11.1 Å². The van der Waals surface area contributed by atoms with Crippen molar-refractivity contribution >= 4 is 22.3 Å². The number of aryl methyl sites for hydroxylation is 1. The summed E-state index contributed by atoms with van der Waals surface area (Å²) in [6.45, 7) is 1.80. The van der Waals surface area contributed by atoms with Crippen molar-refractivity contribution in [1.82, 2.24) is 0 Å². The van der Waals surface area contributed by atoms with E-state index in [0.29, 0.717) is 11.1 Å². The van der Waals surface area contributed by atoms with Crippen LogP contribution in [0, 0.1) is 12.7 Å². The van der Waals surface area contributed by atoms with Gasteiger partial charge in [0.15, 0.2) is 0 Å². The van der Waals surface area contributed by atoms with Gasteiger partial charge in [0.05, 0.1) is 0 Å². The number of thiophene rings is 1. The molecule has 0 bridgehead atoms. The third kappa shape index (κ3) is 2.01. The van der Waals surface area contributed by atoms with Gasteiger partial charge >= 0.3 is 5.97 Å². The molecule has 0 saturated heterocycles. The highest BCUT2D eigenvalue weighted by molar-refractivity contribution is 7.16. The van der Waals surface area contributed by atoms with Gasteiger partial charge in [0.25, 0.3) is 0 Å². The average Bonchev–Trinajstić information content (AvgIpc) is 2.55.